The van der Waals surface area contributed by atoms with Gasteiger partial charge in [0.1, 0.15) is 11.5 Å². The van der Waals surface area contributed by atoms with E-state index in [0.29, 0.717) is 22.6 Å². The Kier molecular flexibility index (Phi) is 3.84. The first kappa shape index (κ1) is 13.8. The van der Waals surface area contributed by atoms with Crippen molar-refractivity contribution >= 4 is 11.8 Å². The summed E-state index contributed by atoms with van der Waals surface area (Å²) in [4.78, 5) is 22.2. The Morgan fingerprint density at radius 2 is 1.70 bits per heavy atom. The van der Waals surface area contributed by atoms with Crippen LogP contribution >= 0.6 is 0 Å². The third kappa shape index (κ3) is 2.85. The number of benzene rings is 2. The standard InChI is InChI=1S/C16H14O4/c1-10-14(16(18)19)4-3-5-15(10)20-13-8-6-12(7-9-13)11(2)17/h3-9H,1-2H3,(H,18,19). The summed E-state index contributed by atoms with van der Waals surface area (Å²) in [6.07, 6.45) is 0. The van der Waals surface area contributed by atoms with Gasteiger partial charge in [0, 0.05) is 11.1 Å². The summed E-state index contributed by atoms with van der Waals surface area (Å²) in [6, 6.07) is 11.6. The van der Waals surface area contributed by atoms with E-state index < -0.39 is 5.97 Å². The highest BCUT2D eigenvalue weighted by molar-refractivity contribution is 5.94. The van der Waals surface area contributed by atoms with Gasteiger partial charge in [0.05, 0.1) is 5.56 Å². The Hall–Kier alpha value is -2.62. The van der Waals surface area contributed by atoms with Crippen LogP contribution in [0.4, 0.5) is 0 Å². The minimum atomic E-state index is -0.986. The molecule has 0 aliphatic heterocycles. The first-order chi connectivity index (χ1) is 9.49. The molecule has 0 radical (unpaired) electrons. The fraction of sp³-hybridized carbons (Fsp3) is 0.125. The molecule has 0 bridgehead atoms. The molecule has 0 saturated heterocycles. The topological polar surface area (TPSA) is 63.6 Å². The molecule has 2 aromatic carbocycles. The minimum absolute atomic E-state index is 0.0133. The van der Waals surface area contributed by atoms with Crippen molar-refractivity contribution in [2.45, 2.75) is 13.8 Å². The van der Waals surface area contributed by atoms with Crippen molar-refractivity contribution in [2.75, 3.05) is 0 Å². The molecule has 4 heteroatoms. The lowest BCUT2D eigenvalue weighted by Gasteiger charge is -2.10. The number of carboxylic acids is 1. The average molecular weight is 270 g/mol. The number of rotatable bonds is 4. The summed E-state index contributed by atoms with van der Waals surface area (Å²) in [5, 5.41) is 9.06. The summed E-state index contributed by atoms with van der Waals surface area (Å²) in [7, 11) is 0. The summed E-state index contributed by atoms with van der Waals surface area (Å²) in [5.74, 6) is 0.0431. The van der Waals surface area contributed by atoms with Crippen LogP contribution in [0.15, 0.2) is 42.5 Å². The highest BCUT2D eigenvalue weighted by atomic mass is 16.5. The van der Waals surface area contributed by atoms with Crippen molar-refractivity contribution in [2.24, 2.45) is 0 Å². The smallest absolute Gasteiger partial charge is 0.336 e. The number of hydrogen-bond acceptors (Lipinski definition) is 3. The highest BCUT2D eigenvalue weighted by Gasteiger charge is 2.11. The second kappa shape index (κ2) is 5.57. The number of aromatic carboxylic acids is 1. The maximum atomic E-state index is 11.2. The fourth-order valence-corrected chi connectivity index (χ4v) is 1.84. The van der Waals surface area contributed by atoms with Gasteiger partial charge in [0.2, 0.25) is 0 Å². The largest absolute Gasteiger partial charge is 0.478 e. The summed E-state index contributed by atoms with van der Waals surface area (Å²) in [6.45, 7) is 3.19. The van der Waals surface area contributed by atoms with E-state index in [4.69, 9.17) is 9.84 Å². The number of ketones is 1. The minimum Gasteiger partial charge on any atom is -0.478 e. The third-order valence-electron chi connectivity index (χ3n) is 3.00. The van der Waals surface area contributed by atoms with Crippen LogP contribution in [0.25, 0.3) is 0 Å². The molecule has 0 amide bonds. The Bertz CT molecular complexity index is 657. The molecule has 4 nitrogen and oxygen atoms in total. The molecule has 0 aliphatic carbocycles. The molecule has 0 spiro atoms. The Balaban J connectivity index is 2.28. The number of carboxylic acid groups (broad SMARTS) is 1. The van der Waals surface area contributed by atoms with E-state index in [-0.39, 0.29) is 11.3 Å². The SMILES string of the molecule is CC(=O)c1ccc(Oc2cccc(C(=O)O)c2C)cc1. The second-order valence-corrected chi connectivity index (χ2v) is 4.42. The number of carbonyl (C=O) groups is 2. The molecule has 0 aliphatic rings. The number of Topliss-reactive ketones (excluding diaryl/α,β-unsaturated/α-hetero) is 1. The molecular weight excluding hydrogens is 256 g/mol. The maximum absolute atomic E-state index is 11.2. The fourth-order valence-electron chi connectivity index (χ4n) is 1.84. The molecule has 0 aromatic heterocycles. The van der Waals surface area contributed by atoms with Gasteiger partial charge in [-0.15, -0.1) is 0 Å². The van der Waals surface area contributed by atoms with E-state index in [0.717, 1.165) is 0 Å². The molecule has 0 atom stereocenters. The van der Waals surface area contributed by atoms with Crippen molar-refractivity contribution in [1.29, 1.82) is 0 Å². The molecule has 20 heavy (non-hydrogen) atoms. The van der Waals surface area contributed by atoms with Crippen molar-refractivity contribution in [3.63, 3.8) is 0 Å². The van der Waals surface area contributed by atoms with Crippen LogP contribution in [-0.2, 0) is 0 Å². The quantitative estimate of drug-likeness (QED) is 0.860. The molecular formula is C16H14O4. The van der Waals surface area contributed by atoms with Crippen LogP contribution < -0.4 is 4.74 Å². The number of ether oxygens (including phenoxy) is 1. The van der Waals surface area contributed by atoms with Crippen LogP contribution in [0.3, 0.4) is 0 Å². The molecule has 102 valence electrons. The first-order valence-electron chi connectivity index (χ1n) is 6.11. The van der Waals surface area contributed by atoms with Crippen molar-refractivity contribution < 1.29 is 19.4 Å². The van der Waals surface area contributed by atoms with Crippen LogP contribution in [-0.4, -0.2) is 16.9 Å². The summed E-state index contributed by atoms with van der Waals surface area (Å²) < 4.78 is 5.66. The molecule has 2 aromatic rings. The summed E-state index contributed by atoms with van der Waals surface area (Å²) >= 11 is 0. The lowest BCUT2D eigenvalue weighted by Crippen LogP contribution is -2.01. The predicted octanol–water partition coefficient (Wildman–Crippen LogP) is 3.69. The molecule has 0 fully saturated rings. The van der Waals surface area contributed by atoms with E-state index in [1.807, 2.05) is 0 Å². The zero-order chi connectivity index (χ0) is 14.7. The maximum Gasteiger partial charge on any atom is 0.336 e. The lowest BCUT2D eigenvalue weighted by molar-refractivity contribution is 0.0695. The number of hydrogen-bond donors (Lipinski definition) is 1. The van der Waals surface area contributed by atoms with Crippen LogP contribution in [0, 0.1) is 6.92 Å². The zero-order valence-electron chi connectivity index (χ0n) is 11.2. The zero-order valence-corrected chi connectivity index (χ0v) is 11.2. The van der Waals surface area contributed by atoms with Gasteiger partial charge >= 0.3 is 5.97 Å². The van der Waals surface area contributed by atoms with Gasteiger partial charge in [-0.1, -0.05) is 6.07 Å². The van der Waals surface area contributed by atoms with E-state index in [1.54, 1.807) is 43.3 Å². The molecule has 1 N–H and O–H groups in total. The van der Waals surface area contributed by atoms with Gasteiger partial charge in [-0.2, -0.15) is 0 Å². The first-order valence-corrected chi connectivity index (χ1v) is 6.11. The second-order valence-electron chi connectivity index (χ2n) is 4.42. The van der Waals surface area contributed by atoms with E-state index in [1.165, 1.54) is 13.0 Å². The van der Waals surface area contributed by atoms with Gasteiger partial charge < -0.3 is 9.84 Å². The van der Waals surface area contributed by atoms with Gasteiger partial charge in [-0.3, -0.25) is 4.79 Å². The predicted molar refractivity (Wildman–Crippen MR) is 74.7 cm³/mol. The monoisotopic (exact) mass is 270 g/mol. The van der Waals surface area contributed by atoms with Gasteiger partial charge in [-0.25, -0.2) is 4.79 Å². The van der Waals surface area contributed by atoms with Crippen molar-refractivity contribution in [3.8, 4) is 11.5 Å². The average Bonchev–Trinajstić information content (AvgIpc) is 2.41. The molecule has 0 unspecified atom stereocenters. The van der Waals surface area contributed by atoms with Crippen LogP contribution in [0.2, 0.25) is 0 Å². The summed E-state index contributed by atoms with van der Waals surface area (Å²) in [5.41, 5.74) is 1.38. The third-order valence-corrected chi connectivity index (χ3v) is 3.00. The normalized spacial score (nSPS) is 10.1. The van der Waals surface area contributed by atoms with Gasteiger partial charge in [-0.05, 0) is 50.2 Å². The molecule has 0 saturated carbocycles. The van der Waals surface area contributed by atoms with E-state index in [9.17, 15) is 9.59 Å². The van der Waals surface area contributed by atoms with Crippen molar-refractivity contribution in [1.82, 2.24) is 0 Å². The van der Waals surface area contributed by atoms with Crippen LogP contribution in [0.5, 0.6) is 11.5 Å². The van der Waals surface area contributed by atoms with Crippen LogP contribution in [0.1, 0.15) is 33.2 Å². The molecule has 2 rings (SSSR count). The Morgan fingerprint density at radius 1 is 1.05 bits per heavy atom. The lowest BCUT2D eigenvalue weighted by atomic mass is 10.1. The number of carbonyl (C=O) groups excluding carboxylic acids is 1. The molecule has 0 heterocycles. The van der Waals surface area contributed by atoms with Crippen molar-refractivity contribution in [3.05, 3.63) is 59.2 Å². The van der Waals surface area contributed by atoms with Gasteiger partial charge in [0.15, 0.2) is 5.78 Å². The van der Waals surface area contributed by atoms with E-state index >= 15 is 0 Å². The van der Waals surface area contributed by atoms with E-state index in [2.05, 4.69) is 0 Å². The Morgan fingerprint density at radius 3 is 2.25 bits per heavy atom. The van der Waals surface area contributed by atoms with Gasteiger partial charge in [0.25, 0.3) is 0 Å². The highest BCUT2D eigenvalue weighted by Crippen LogP contribution is 2.27. The Labute approximate surface area is 116 Å².